The Bertz CT molecular complexity index is 1460. The van der Waals surface area contributed by atoms with Crippen LogP contribution in [-0.2, 0) is 9.53 Å². The number of nitrogens with one attached hydrogen (secondary N) is 2. The van der Waals surface area contributed by atoms with E-state index in [0.29, 0.717) is 22.6 Å². The number of hydrogen-bond donors (Lipinski definition) is 2. The van der Waals surface area contributed by atoms with Crippen molar-refractivity contribution in [3.8, 4) is 11.4 Å². The highest BCUT2D eigenvalue weighted by molar-refractivity contribution is 6.01. The second-order valence-corrected chi connectivity index (χ2v) is 7.75. The molecule has 5 rings (SSSR count). The van der Waals surface area contributed by atoms with Crippen LogP contribution in [0.4, 0.5) is 5.69 Å². The third-order valence-corrected chi connectivity index (χ3v) is 5.46. The second-order valence-electron chi connectivity index (χ2n) is 7.75. The topological polar surface area (TPSA) is 84.1 Å². The number of aromatic amines is 1. The number of amides is 1. The molecule has 0 radical (unpaired) electrons. The number of carbonyl (C=O) groups is 2. The predicted octanol–water partition coefficient (Wildman–Crippen LogP) is 5.57. The third-order valence-electron chi connectivity index (χ3n) is 5.46. The first-order valence-corrected chi connectivity index (χ1v) is 10.6. The van der Waals surface area contributed by atoms with Gasteiger partial charge in [-0.15, -0.1) is 0 Å². The first-order chi connectivity index (χ1) is 16.1. The summed E-state index contributed by atoms with van der Waals surface area (Å²) in [5.74, 6) is -0.427. The molecule has 1 atom stereocenters. The van der Waals surface area contributed by atoms with Crippen molar-refractivity contribution >= 4 is 39.4 Å². The number of anilines is 1. The molecule has 0 saturated carbocycles. The molecule has 2 N–H and O–H groups in total. The van der Waals surface area contributed by atoms with Crippen LogP contribution in [-0.4, -0.2) is 27.9 Å². The first-order valence-electron chi connectivity index (χ1n) is 10.6. The lowest BCUT2D eigenvalue weighted by molar-refractivity contribution is -0.123. The van der Waals surface area contributed by atoms with Gasteiger partial charge in [0.2, 0.25) is 0 Å². The van der Waals surface area contributed by atoms with Crippen LogP contribution in [0.25, 0.3) is 33.2 Å². The number of ether oxygens (including phenoxy) is 1. The van der Waals surface area contributed by atoms with E-state index in [-0.39, 0.29) is 0 Å². The maximum atomic E-state index is 13.0. The average Bonchev–Trinajstić information content (AvgIpc) is 3.28. The summed E-state index contributed by atoms with van der Waals surface area (Å²) in [6.07, 6.45) is -0.979. The van der Waals surface area contributed by atoms with Crippen LogP contribution in [0.2, 0.25) is 0 Å². The standard InChI is InChI=1S/C27H21N3O3/c1-17(26(31)28-20-15-14-18-8-2-3-9-19(18)16-20)33-27(32)22-11-5-4-10-21(22)25-29-23-12-6-7-13-24(23)30-25/h2-17H,1H3,(H,28,31)(H,29,30). The van der Waals surface area contributed by atoms with Crippen molar-refractivity contribution in [3.63, 3.8) is 0 Å². The molecule has 6 heteroatoms. The lowest BCUT2D eigenvalue weighted by Crippen LogP contribution is -2.30. The Balaban J connectivity index is 1.33. The molecule has 0 aliphatic carbocycles. The van der Waals surface area contributed by atoms with Crippen molar-refractivity contribution in [3.05, 3.63) is 96.6 Å². The summed E-state index contributed by atoms with van der Waals surface area (Å²) in [7, 11) is 0. The van der Waals surface area contributed by atoms with Gasteiger partial charge < -0.3 is 15.0 Å². The lowest BCUT2D eigenvalue weighted by Gasteiger charge is -2.15. The van der Waals surface area contributed by atoms with Crippen LogP contribution in [0, 0.1) is 0 Å². The van der Waals surface area contributed by atoms with Gasteiger partial charge in [0.25, 0.3) is 5.91 Å². The fourth-order valence-electron chi connectivity index (χ4n) is 3.74. The number of imidazole rings is 1. The Labute approximate surface area is 190 Å². The van der Waals surface area contributed by atoms with Crippen molar-refractivity contribution in [1.29, 1.82) is 0 Å². The zero-order valence-corrected chi connectivity index (χ0v) is 17.9. The Morgan fingerprint density at radius 1 is 0.879 bits per heavy atom. The van der Waals surface area contributed by atoms with Gasteiger partial charge in [0, 0.05) is 11.3 Å². The summed E-state index contributed by atoms with van der Waals surface area (Å²) < 4.78 is 5.50. The minimum Gasteiger partial charge on any atom is -0.449 e. The highest BCUT2D eigenvalue weighted by Gasteiger charge is 2.22. The van der Waals surface area contributed by atoms with E-state index in [4.69, 9.17) is 4.74 Å². The quantitative estimate of drug-likeness (QED) is 0.354. The molecule has 0 spiro atoms. The van der Waals surface area contributed by atoms with Gasteiger partial charge in [-0.2, -0.15) is 0 Å². The number of nitrogens with zero attached hydrogens (tertiary/aromatic N) is 1. The van der Waals surface area contributed by atoms with Crippen molar-refractivity contribution in [1.82, 2.24) is 9.97 Å². The van der Waals surface area contributed by atoms with Crippen LogP contribution in [0.1, 0.15) is 17.3 Å². The number of para-hydroxylation sites is 2. The number of carbonyl (C=O) groups excluding carboxylic acids is 2. The Kier molecular flexibility index (Phi) is 5.32. The van der Waals surface area contributed by atoms with E-state index in [0.717, 1.165) is 21.8 Å². The second kappa shape index (κ2) is 8.59. The van der Waals surface area contributed by atoms with Gasteiger partial charge in [-0.3, -0.25) is 4.79 Å². The van der Waals surface area contributed by atoms with Crippen molar-refractivity contribution < 1.29 is 14.3 Å². The zero-order valence-electron chi connectivity index (χ0n) is 17.9. The van der Waals surface area contributed by atoms with E-state index >= 15 is 0 Å². The van der Waals surface area contributed by atoms with Gasteiger partial charge in [0.05, 0.1) is 16.6 Å². The summed E-state index contributed by atoms with van der Waals surface area (Å²) >= 11 is 0. The Hall–Kier alpha value is -4.45. The molecule has 4 aromatic carbocycles. The van der Waals surface area contributed by atoms with Crippen molar-refractivity contribution in [2.45, 2.75) is 13.0 Å². The Morgan fingerprint density at radius 3 is 2.45 bits per heavy atom. The minimum absolute atomic E-state index is 0.335. The summed E-state index contributed by atoms with van der Waals surface area (Å²) in [4.78, 5) is 33.4. The molecule has 0 aliphatic heterocycles. The number of hydrogen-bond acceptors (Lipinski definition) is 4. The monoisotopic (exact) mass is 435 g/mol. The molecule has 1 amide bonds. The SMILES string of the molecule is CC(OC(=O)c1ccccc1-c1nc2ccccc2[nH]1)C(=O)Nc1ccc2ccccc2c1. The summed E-state index contributed by atoms with van der Waals surface area (Å²) in [5, 5.41) is 4.91. The van der Waals surface area contributed by atoms with E-state index in [1.54, 1.807) is 25.1 Å². The molecule has 5 aromatic rings. The van der Waals surface area contributed by atoms with E-state index in [9.17, 15) is 9.59 Å². The number of rotatable bonds is 5. The number of benzene rings is 4. The molecular weight excluding hydrogens is 414 g/mol. The van der Waals surface area contributed by atoms with Gasteiger partial charge in [-0.25, -0.2) is 9.78 Å². The third kappa shape index (κ3) is 4.19. The van der Waals surface area contributed by atoms with Crippen LogP contribution >= 0.6 is 0 Å². The van der Waals surface area contributed by atoms with Crippen molar-refractivity contribution in [2.75, 3.05) is 5.32 Å². The molecule has 1 aromatic heterocycles. The maximum absolute atomic E-state index is 13.0. The molecule has 6 nitrogen and oxygen atoms in total. The van der Waals surface area contributed by atoms with Gasteiger partial charge in [-0.05, 0) is 48.0 Å². The molecule has 0 aliphatic rings. The summed E-state index contributed by atoms with van der Waals surface area (Å²) in [5.41, 5.74) is 3.27. The van der Waals surface area contributed by atoms with Gasteiger partial charge in [0.1, 0.15) is 5.82 Å². The first kappa shape index (κ1) is 20.5. The van der Waals surface area contributed by atoms with Gasteiger partial charge in [-0.1, -0.05) is 60.7 Å². The van der Waals surface area contributed by atoms with Gasteiger partial charge in [0.15, 0.2) is 6.10 Å². The highest BCUT2D eigenvalue weighted by Crippen LogP contribution is 2.25. The largest absolute Gasteiger partial charge is 0.449 e. The fraction of sp³-hybridized carbons (Fsp3) is 0.0741. The maximum Gasteiger partial charge on any atom is 0.339 e. The van der Waals surface area contributed by atoms with Crippen LogP contribution in [0.3, 0.4) is 0 Å². The van der Waals surface area contributed by atoms with E-state index in [2.05, 4.69) is 15.3 Å². The van der Waals surface area contributed by atoms with E-state index in [1.165, 1.54) is 0 Å². The minimum atomic E-state index is -0.979. The molecule has 33 heavy (non-hydrogen) atoms. The smallest absolute Gasteiger partial charge is 0.339 e. The number of esters is 1. The number of aromatic nitrogens is 2. The van der Waals surface area contributed by atoms with Crippen LogP contribution < -0.4 is 5.32 Å². The summed E-state index contributed by atoms with van der Waals surface area (Å²) in [6.45, 7) is 1.55. The number of H-pyrrole nitrogens is 1. The molecule has 0 bridgehead atoms. The summed E-state index contributed by atoms with van der Waals surface area (Å²) in [6, 6.07) is 28.2. The molecule has 1 heterocycles. The molecule has 162 valence electrons. The van der Waals surface area contributed by atoms with Crippen LogP contribution in [0.5, 0.6) is 0 Å². The highest BCUT2D eigenvalue weighted by atomic mass is 16.5. The lowest BCUT2D eigenvalue weighted by atomic mass is 10.1. The van der Waals surface area contributed by atoms with E-state index in [1.807, 2.05) is 72.8 Å². The van der Waals surface area contributed by atoms with Crippen LogP contribution in [0.15, 0.2) is 91.0 Å². The predicted molar refractivity (Wildman–Crippen MR) is 129 cm³/mol. The zero-order chi connectivity index (χ0) is 22.8. The van der Waals surface area contributed by atoms with Gasteiger partial charge >= 0.3 is 5.97 Å². The fourth-order valence-corrected chi connectivity index (χ4v) is 3.74. The van der Waals surface area contributed by atoms with Crippen molar-refractivity contribution in [2.24, 2.45) is 0 Å². The molecule has 0 fully saturated rings. The average molecular weight is 435 g/mol. The van der Waals surface area contributed by atoms with E-state index < -0.39 is 18.0 Å². The molecule has 0 saturated heterocycles. The molecular formula is C27H21N3O3. The molecule has 1 unspecified atom stereocenters. The number of fused-ring (bicyclic) bond motifs is 2. The normalized spacial score (nSPS) is 11.9. The Morgan fingerprint density at radius 2 is 1.61 bits per heavy atom.